The maximum atomic E-state index is 4.96. The minimum absolute atomic E-state index is 0.506. The summed E-state index contributed by atoms with van der Waals surface area (Å²) >= 11 is 4.67. The second kappa shape index (κ2) is 4.80. The third-order valence-electron chi connectivity index (χ3n) is 0.667. The zero-order chi connectivity index (χ0) is 6.41. The molecule has 3 nitrogen and oxygen atoms in total. The second-order valence-electron chi connectivity index (χ2n) is 1.40. The van der Waals surface area contributed by atoms with Crippen molar-refractivity contribution in [3.8, 4) is 0 Å². The van der Waals surface area contributed by atoms with Crippen molar-refractivity contribution in [2.24, 2.45) is 5.84 Å². The molecule has 8 heavy (non-hydrogen) atoms. The molecular weight excluding hydrogens is 122 g/mol. The van der Waals surface area contributed by atoms with E-state index in [0.29, 0.717) is 5.11 Å². The lowest BCUT2D eigenvalue weighted by atomic mass is 10.5. The van der Waals surface area contributed by atoms with Crippen molar-refractivity contribution in [1.82, 2.24) is 10.7 Å². The highest BCUT2D eigenvalue weighted by atomic mass is 32.1. The van der Waals surface area contributed by atoms with E-state index in [2.05, 4.69) is 29.9 Å². The summed E-state index contributed by atoms with van der Waals surface area (Å²) in [7, 11) is 0. The Hall–Kier alpha value is -0.350. The number of thiocarbonyl (C=S) groups is 1. The molecule has 0 atom stereocenters. The molecular formula is C4H11N3S. The van der Waals surface area contributed by atoms with Crippen molar-refractivity contribution in [3.63, 3.8) is 0 Å². The molecule has 0 aliphatic carbocycles. The molecule has 0 aromatic heterocycles. The lowest BCUT2D eigenvalue weighted by molar-refractivity contribution is 0.816. The van der Waals surface area contributed by atoms with E-state index in [1.807, 2.05) is 0 Å². The Kier molecular flexibility index (Phi) is 4.59. The van der Waals surface area contributed by atoms with E-state index >= 15 is 0 Å². The first-order valence-corrected chi connectivity index (χ1v) is 2.96. The number of rotatable bonds is 2. The zero-order valence-electron chi connectivity index (χ0n) is 4.90. The van der Waals surface area contributed by atoms with Crippen molar-refractivity contribution >= 4 is 17.3 Å². The Labute approximate surface area is 54.6 Å². The standard InChI is InChI=1S/C4H11N3S/c1-2-3-6-4(8)7-5/h2-3,5H2,1H3,(H2,6,7,8). The summed E-state index contributed by atoms with van der Waals surface area (Å²) in [4.78, 5) is 0. The van der Waals surface area contributed by atoms with Crippen LogP contribution in [0.25, 0.3) is 0 Å². The number of hydrogen-bond acceptors (Lipinski definition) is 2. The van der Waals surface area contributed by atoms with Crippen LogP contribution in [0, 0.1) is 0 Å². The lowest BCUT2D eigenvalue weighted by Gasteiger charge is -2.02. The Bertz CT molecular complexity index is 73.7. The molecule has 4 N–H and O–H groups in total. The molecule has 0 aromatic rings. The molecule has 0 fully saturated rings. The lowest BCUT2D eigenvalue weighted by Crippen LogP contribution is -2.39. The molecule has 48 valence electrons. The Morgan fingerprint density at radius 2 is 2.38 bits per heavy atom. The van der Waals surface area contributed by atoms with Gasteiger partial charge in [-0.1, -0.05) is 6.92 Å². The molecule has 0 unspecified atom stereocenters. The molecule has 0 heterocycles. The van der Waals surface area contributed by atoms with Gasteiger partial charge in [0.25, 0.3) is 0 Å². The van der Waals surface area contributed by atoms with Gasteiger partial charge in [-0.15, -0.1) is 0 Å². The smallest absolute Gasteiger partial charge is 0.180 e. The van der Waals surface area contributed by atoms with Crippen LogP contribution < -0.4 is 16.6 Å². The van der Waals surface area contributed by atoms with Gasteiger partial charge in [0, 0.05) is 6.54 Å². The molecule has 0 aliphatic heterocycles. The predicted molar refractivity (Wildman–Crippen MR) is 38.2 cm³/mol. The first-order valence-electron chi connectivity index (χ1n) is 2.55. The van der Waals surface area contributed by atoms with Gasteiger partial charge in [-0.05, 0) is 18.6 Å². The average Bonchev–Trinajstić information content (AvgIpc) is 1.83. The van der Waals surface area contributed by atoms with Crippen LogP contribution in [0.15, 0.2) is 0 Å². The molecule has 0 spiro atoms. The van der Waals surface area contributed by atoms with Crippen molar-refractivity contribution < 1.29 is 0 Å². The van der Waals surface area contributed by atoms with Crippen LogP contribution in [0.4, 0.5) is 0 Å². The van der Waals surface area contributed by atoms with Crippen molar-refractivity contribution in [3.05, 3.63) is 0 Å². The van der Waals surface area contributed by atoms with Gasteiger partial charge in [-0.25, -0.2) is 5.84 Å². The highest BCUT2D eigenvalue weighted by Gasteiger charge is 1.84. The first-order chi connectivity index (χ1) is 3.81. The molecule has 0 aliphatic rings. The van der Waals surface area contributed by atoms with Gasteiger partial charge in [-0.3, -0.25) is 0 Å². The third-order valence-corrected chi connectivity index (χ3v) is 0.929. The summed E-state index contributed by atoms with van der Waals surface area (Å²) in [5.74, 6) is 4.96. The van der Waals surface area contributed by atoms with E-state index in [1.54, 1.807) is 0 Å². The van der Waals surface area contributed by atoms with E-state index in [0.717, 1.165) is 13.0 Å². The van der Waals surface area contributed by atoms with Gasteiger partial charge in [0.2, 0.25) is 0 Å². The highest BCUT2D eigenvalue weighted by Crippen LogP contribution is 1.68. The SMILES string of the molecule is CCCNC(=S)NN. The van der Waals surface area contributed by atoms with Crippen LogP contribution in [0.5, 0.6) is 0 Å². The number of nitrogens with two attached hydrogens (primary N) is 1. The number of nitrogens with one attached hydrogen (secondary N) is 2. The molecule has 0 amide bonds. The number of hydrogen-bond donors (Lipinski definition) is 3. The van der Waals surface area contributed by atoms with Crippen LogP contribution in [0.1, 0.15) is 13.3 Å². The summed E-state index contributed by atoms with van der Waals surface area (Å²) in [5.41, 5.74) is 2.32. The Balaban J connectivity index is 2.99. The van der Waals surface area contributed by atoms with Crippen LogP contribution >= 0.6 is 12.2 Å². The average molecular weight is 133 g/mol. The predicted octanol–water partition coefficient (Wildman–Crippen LogP) is -0.266. The quantitative estimate of drug-likeness (QED) is 0.276. The third kappa shape index (κ3) is 3.83. The Morgan fingerprint density at radius 3 is 2.75 bits per heavy atom. The fraction of sp³-hybridized carbons (Fsp3) is 0.750. The van der Waals surface area contributed by atoms with Crippen molar-refractivity contribution in [2.75, 3.05) is 6.54 Å². The van der Waals surface area contributed by atoms with Crippen molar-refractivity contribution in [2.45, 2.75) is 13.3 Å². The minimum atomic E-state index is 0.506. The van der Waals surface area contributed by atoms with E-state index in [9.17, 15) is 0 Å². The van der Waals surface area contributed by atoms with Gasteiger partial charge in [-0.2, -0.15) is 0 Å². The summed E-state index contributed by atoms with van der Waals surface area (Å²) in [6.07, 6.45) is 1.06. The van der Waals surface area contributed by atoms with Gasteiger partial charge in [0.15, 0.2) is 5.11 Å². The summed E-state index contributed by atoms with van der Waals surface area (Å²) < 4.78 is 0. The summed E-state index contributed by atoms with van der Waals surface area (Å²) in [5, 5.41) is 3.38. The molecule has 0 saturated carbocycles. The van der Waals surface area contributed by atoms with Crippen LogP contribution in [0.2, 0.25) is 0 Å². The zero-order valence-corrected chi connectivity index (χ0v) is 5.72. The highest BCUT2D eigenvalue weighted by molar-refractivity contribution is 7.80. The summed E-state index contributed by atoms with van der Waals surface area (Å²) in [6, 6.07) is 0. The van der Waals surface area contributed by atoms with Crippen LogP contribution in [-0.2, 0) is 0 Å². The van der Waals surface area contributed by atoms with Gasteiger partial charge >= 0.3 is 0 Å². The van der Waals surface area contributed by atoms with Crippen LogP contribution in [-0.4, -0.2) is 11.7 Å². The van der Waals surface area contributed by atoms with E-state index in [4.69, 9.17) is 5.84 Å². The van der Waals surface area contributed by atoms with Gasteiger partial charge in [0.1, 0.15) is 0 Å². The normalized spacial score (nSPS) is 8.25. The van der Waals surface area contributed by atoms with Gasteiger partial charge < -0.3 is 10.7 Å². The molecule has 0 rings (SSSR count). The second-order valence-corrected chi connectivity index (χ2v) is 1.81. The minimum Gasteiger partial charge on any atom is -0.362 e. The maximum absolute atomic E-state index is 4.96. The fourth-order valence-corrected chi connectivity index (χ4v) is 0.392. The molecule has 4 heteroatoms. The molecule has 0 aromatic carbocycles. The van der Waals surface area contributed by atoms with E-state index < -0.39 is 0 Å². The molecule has 0 radical (unpaired) electrons. The van der Waals surface area contributed by atoms with Gasteiger partial charge in [0.05, 0.1) is 0 Å². The van der Waals surface area contributed by atoms with Crippen LogP contribution in [0.3, 0.4) is 0 Å². The maximum Gasteiger partial charge on any atom is 0.180 e. The van der Waals surface area contributed by atoms with E-state index in [1.165, 1.54) is 0 Å². The topological polar surface area (TPSA) is 50.1 Å². The van der Waals surface area contributed by atoms with Crippen molar-refractivity contribution in [1.29, 1.82) is 0 Å². The molecule has 0 bridgehead atoms. The molecule has 0 saturated heterocycles. The number of hydrazine groups is 1. The fourth-order valence-electron chi connectivity index (χ4n) is 0.290. The summed E-state index contributed by atoms with van der Waals surface area (Å²) in [6.45, 7) is 2.94. The van der Waals surface area contributed by atoms with E-state index in [-0.39, 0.29) is 0 Å². The first kappa shape index (κ1) is 7.65. The largest absolute Gasteiger partial charge is 0.362 e. The Morgan fingerprint density at radius 1 is 1.75 bits per heavy atom. The monoisotopic (exact) mass is 133 g/mol.